The lowest BCUT2D eigenvalue weighted by molar-refractivity contribution is -0.143. The molecule has 13 heteroatoms. The molecule has 2 aromatic rings. The second kappa shape index (κ2) is 9.62. The highest BCUT2D eigenvalue weighted by molar-refractivity contribution is 6.30. The van der Waals surface area contributed by atoms with E-state index in [1.165, 1.54) is 23.1 Å². The van der Waals surface area contributed by atoms with Crippen LogP contribution in [0.15, 0.2) is 36.4 Å². The van der Waals surface area contributed by atoms with Crippen molar-refractivity contribution in [3.05, 3.63) is 63.7 Å². The molecule has 2 aliphatic rings. The number of ether oxygens (including phenoxy) is 1. The normalized spacial score (nSPS) is 19.8. The van der Waals surface area contributed by atoms with Gasteiger partial charge < -0.3 is 9.84 Å². The number of fused-ring (bicyclic) bond motifs is 1. The van der Waals surface area contributed by atoms with E-state index in [9.17, 15) is 41.0 Å². The van der Waals surface area contributed by atoms with Crippen molar-refractivity contribution in [2.45, 2.75) is 50.2 Å². The van der Waals surface area contributed by atoms with E-state index in [2.05, 4.69) is 0 Å². The van der Waals surface area contributed by atoms with Crippen molar-refractivity contribution in [3.63, 3.8) is 0 Å². The number of hydrogen-bond acceptors (Lipinski definition) is 3. The number of methoxy groups -OCH3 is 1. The Kier molecular flexibility index (Phi) is 7.00. The molecule has 6 nitrogen and oxygen atoms in total. The van der Waals surface area contributed by atoms with E-state index in [1.807, 2.05) is 0 Å². The smallest absolute Gasteiger partial charge is 0.416 e. The molecule has 2 aromatic carbocycles. The van der Waals surface area contributed by atoms with Crippen LogP contribution in [0.4, 0.5) is 41.6 Å². The first kappa shape index (κ1) is 26.9. The Hall–Kier alpha value is -3.15. The molecule has 0 saturated heterocycles. The van der Waals surface area contributed by atoms with Gasteiger partial charge in [0.1, 0.15) is 0 Å². The molecule has 1 aliphatic heterocycles. The molecular formula is C24H21ClF6N2O4. The molecule has 0 spiro atoms. The van der Waals surface area contributed by atoms with Crippen LogP contribution in [-0.4, -0.2) is 35.3 Å². The Morgan fingerprint density at radius 3 is 2.14 bits per heavy atom. The zero-order valence-electron chi connectivity index (χ0n) is 19.2. The van der Waals surface area contributed by atoms with E-state index >= 15 is 0 Å². The average molecular weight is 551 g/mol. The van der Waals surface area contributed by atoms with E-state index in [0.717, 1.165) is 24.9 Å². The van der Waals surface area contributed by atoms with Crippen molar-refractivity contribution in [3.8, 4) is 0 Å². The monoisotopic (exact) mass is 550 g/mol. The van der Waals surface area contributed by atoms with Gasteiger partial charge in [0.25, 0.3) is 0 Å². The number of carbonyl (C=O) groups excluding carboxylic acids is 1. The van der Waals surface area contributed by atoms with Crippen LogP contribution in [-0.2, 0) is 23.6 Å². The molecule has 1 fully saturated rings. The zero-order chi connectivity index (χ0) is 27.3. The van der Waals surface area contributed by atoms with E-state index in [-0.39, 0.29) is 29.1 Å². The van der Waals surface area contributed by atoms with Gasteiger partial charge in [0.05, 0.1) is 30.0 Å². The SMILES string of the molecule is COC(=O)N(Cc1cc(C(F)(F)F)cc(C(F)(F)F)c1)[C@H]1C[C@@H](C2CC2)N(C(=O)O)c2ccc(Cl)cc21. The minimum absolute atomic E-state index is 0.00712. The second-order valence-corrected chi connectivity index (χ2v) is 9.46. The number of halogens is 7. The zero-order valence-corrected chi connectivity index (χ0v) is 20.0. The molecule has 1 heterocycles. The van der Waals surface area contributed by atoms with Crippen molar-refractivity contribution in [1.82, 2.24) is 4.90 Å². The largest absolute Gasteiger partial charge is 0.465 e. The van der Waals surface area contributed by atoms with Gasteiger partial charge in [0, 0.05) is 23.2 Å². The summed E-state index contributed by atoms with van der Waals surface area (Å²) in [4.78, 5) is 27.2. The van der Waals surface area contributed by atoms with Gasteiger partial charge in [-0.05, 0) is 67.1 Å². The van der Waals surface area contributed by atoms with Crippen LogP contribution >= 0.6 is 11.6 Å². The summed E-state index contributed by atoms with van der Waals surface area (Å²) in [5, 5.41) is 10.1. The molecule has 1 saturated carbocycles. The van der Waals surface area contributed by atoms with Crippen molar-refractivity contribution in [2.75, 3.05) is 12.0 Å². The van der Waals surface area contributed by atoms with E-state index in [0.29, 0.717) is 17.7 Å². The molecular weight excluding hydrogens is 530 g/mol. The summed E-state index contributed by atoms with van der Waals surface area (Å²) in [6.07, 6.45) is -10.8. The summed E-state index contributed by atoms with van der Waals surface area (Å²) >= 11 is 6.15. The highest BCUT2D eigenvalue weighted by atomic mass is 35.5. The Balaban J connectivity index is 1.82. The minimum atomic E-state index is -5.06. The lowest BCUT2D eigenvalue weighted by Gasteiger charge is -2.43. The fraction of sp³-hybridized carbons (Fsp3) is 0.417. The predicted octanol–water partition coefficient (Wildman–Crippen LogP) is 7.35. The molecule has 1 aliphatic carbocycles. The number of hydrogen-bond donors (Lipinski definition) is 1. The van der Waals surface area contributed by atoms with Gasteiger partial charge in [-0.3, -0.25) is 9.80 Å². The Morgan fingerprint density at radius 2 is 1.65 bits per heavy atom. The summed E-state index contributed by atoms with van der Waals surface area (Å²) in [5.41, 5.74) is -2.91. The predicted molar refractivity (Wildman–Crippen MR) is 120 cm³/mol. The van der Waals surface area contributed by atoms with E-state index in [4.69, 9.17) is 16.3 Å². The van der Waals surface area contributed by atoms with Gasteiger partial charge in [0.2, 0.25) is 0 Å². The number of rotatable bonds is 4. The van der Waals surface area contributed by atoms with Crippen LogP contribution in [0.25, 0.3) is 0 Å². The van der Waals surface area contributed by atoms with E-state index < -0.39 is 59.9 Å². The molecule has 0 bridgehead atoms. The van der Waals surface area contributed by atoms with Gasteiger partial charge >= 0.3 is 24.5 Å². The number of amides is 2. The third kappa shape index (κ3) is 5.58. The Morgan fingerprint density at radius 1 is 1.05 bits per heavy atom. The van der Waals surface area contributed by atoms with Gasteiger partial charge in [-0.1, -0.05) is 11.6 Å². The number of alkyl halides is 6. The first-order valence-corrected chi connectivity index (χ1v) is 11.5. The topological polar surface area (TPSA) is 70.1 Å². The van der Waals surface area contributed by atoms with E-state index in [1.54, 1.807) is 0 Å². The Bertz CT molecular complexity index is 1180. The molecule has 0 aromatic heterocycles. The third-order valence-corrected chi connectivity index (χ3v) is 6.80. The molecule has 0 unspecified atom stereocenters. The average Bonchev–Trinajstić information content (AvgIpc) is 3.65. The number of benzene rings is 2. The van der Waals surface area contributed by atoms with Crippen molar-refractivity contribution in [2.24, 2.45) is 5.92 Å². The molecule has 200 valence electrons. The Labute approximate surface area is 212 Å². The molecule has 2 amide bonds. The number of nitrogens with zero attached hydrogens (tertiary/aromatic N) is 2. The summed E-state index contributed by atoms with van der Waals surface area (Å²) in [7, 11) is 1.03. The van der Waals surface area contributed by atoms with Crippen LogP contribution in [0, 0.1) is 5.92 Å². The lowest BCUT2D eigenvalue weighted by atomic mass is 9.87. The van der Waals surface area contributed by atoms with Crippen LogP contribution in [0.2, 0.25) is 5.02 Å². The number of carbonyl (C=O) groups is 2. The van der Waals surface area contributed by atoms with Gasteiger partial charge in [-0.25, -0.2) is 9.59 Å². The van der Waals surface area contributed by atoms with Crippen LogP contribution in [0.3, 0.4) is 0 Å². The minimum Gasteiger partial charge on any atom is -0.465 e. The molecule has 0 radical (unpaired) electrons. The highest BCUT2D eigenvalue weighted by Gasteiger charge is 2.46. The summed E-state index contributed by atoms with van der Waals surface area (Å²) in [6, 6.07) is 3.99. The van der Waals surface area contributed by atoms with Crippen LogP contribution in [0.5, 0.6) is 0 Å². The van der Waals surface area contributed by atoms with Gasteiger partial charge in [-0.15, -0.1) is 0 Å². The summed E-state index contributed by atoms with van der Waals surface area (Å²) < 4.78 is 85.3. The van der Waals surface area contributed by atoms with Crippen LogP contribution in [0.1, 0.15) is 47.6 Å². The molecule has 4 rings (SSSR count). The number of carboxylic acid groups (broad SMARTS) is 1. The first-order valence-electron chi connectivity index (χ1n) is 11.1. The first-order chi connectivity index (χ1) is 17.2. The maximum atomic E-state index is 13.4. The van der Waals surface area contributed by atoms with Crippen molar-refractivity contribution < 1.29 is 45.8 Å². The fourth-order valence-electron chi connectivity index (χ4n) is 4.80. The fourth-order valence-corrected chi connectivity index (χ4v) is 4.98. The standard InChI is InChI=1S/C24H21ClF6N2O4/c1-37-22(36)32(11-12-6-14(23(26,27)28)8-15(7-12)24(29,30)31)20-10-19(13-2-3-13)33(21(34)35)18-5-4-16(25)9-17(18)20/h4-9,13,19-20H,2-3,10-11H2,1H3,(H,34,35)/t19-,20-/m0/s1. The molecule has 37 heavy (non-hydrogen) atoms. The molecule has 2 atom stereocenters. The van der Waals surface area contributed by atoms with Crippen molar-refractivity contribution >= 4 is 29.5 Å². The lowest BCUT2D eigenvalue weighted by Crippen LogP contribution is -2.49. The summed E-state index contributed by atoms with van der Waals surface area (Å²) in [5.74, 6) is -0.00712. The highest BCUT2D eigenvalue weighted by Crippen LogP contribution is 2.49. The quantitative estimate of drug-likeness (QED) is 0.404. The maximum absolute atomic E-state index is 13.4. The third-order valence-electron chi connectivity index (χ3n) is 6.56. The van der Waals surface area contributed by atoms with Crippen LogP contribution < -0.4 is 4.90 Å². The summed E-state index contributed by atoms with van der Waals surface area (Å²) in [6.45, 7) is -0.652. The van der Waals surface area contributed by atoms with Gasteiger partial charge in [-0.2, -0.15) is 26.3 Å². The second-order valence-electron chi connectivity index (χ2n) is 9.02. The van der Waals surface area contributed by atoms with Crippen molar-refractivity contribution in [1.29, 1.82) is 0 Å². The molecule has 1 N–H and O–H groups in total. The number of anilines is 1. The van der Waals surface area contributed by atoms with Gasteiger partial charge in [0.15, 0.2) is 0 Å². The maximum Gasteiger partial charge on any atom is 0.416 e.